The average molecular weight is 235 g/mol. The van der Waals surface area contributed by atoms with Crippen LogP contribution < -0.4 is 5.32 Å². The van der Waals surface area contributed by atoms with Gasteiger partial charge in [-0.25, -0.2) is 0 Å². The van der Waals surface area contributed by atoms with Crippen LogP contribution in [0.25, 0.3) is 0 Å². The minimum atomic E-state index is -0.144. The molecule has 1 aromatic heterocycles. The van der Waals surface area contributed by atoms with Crippen molar-refractivity contribution in [1.82, 2.24) is 4.57 Å². The first kappa shape index (κ1) is 10.8. The number of benzene rings is 1. The standard InChI is InChI=1S/C12H11ClN2O/c1-15-7-3-6-11(15)12(16)14-10-5-2-4-9(13)8-10/h2-8H,1H3,(H,14,16). The lowest BCUT2D eigenvalue weighted by Gasteiger charge is -2.06. The molecule has 1 N–H and O–H groups in total. The Morgan fingerprint density at radius 1 is 1.31 bits per heavy atom. The number of amides is 1. The van der Waals surface area contributed by atoms with E-state index < -0.39 is 0 Å². The van der Waals surface area contributed by atoms with E-state index in [0.29, 0.717) is 16.4 Å². The first-order valence-electron chi connectivity index (χ1n) is 4.85. The Hall–Kier alpha value is -1.74. The van der Waals surface area contributed by atoms with E-state index in [1.54, 1.807) is 34.9 Å². The lowest BCUT2D eigenvalue weighted by atomic mass is 10.3. The van der Waals surface area contributed by atoms with Crippen LogP contribution in [0.1, 0.15) is 10.5 Å². The SMILES string of the molecule is Cn1cccc1C(=O)Nc1cccc(Cl)c1. The van der Waals surface area contributed by atoms with Gasteiger partial charge in [0.05, 0.1) is 0 Å². The predicted molar refractivity (Wildman–Crippen MR) is 64.8 cm³/mol. The molecule has 2 aromatic rings. The minimum absolute atomic E-state index is 0.144. The third-order valence-electron chi connectivity index (χ3n) is 2.26. The van der Waals surface area contributed by atoms with Gasteiger partial charge in [0.25, 0.3) is 5.91 Å². The normalized spacial score (nSPS) is 10.1. The molecule has 0 aliphatic heterocycles. The Balaban J connectivity index is 2.17. The Labute approximate surface area is 98.7 Å². The molecule has 0 aliphatic carbocycles. The van der Waals surface area contributed by atoms with Crippen LogP contribution in [0.3, 0.4) is 0 Å². The molecule has 0 atom stereocenters. The molecular weight excluding hydrogens is 224 g/mol. The summed E-state index contributed by atoms with van der Waals surface area (Å²) in [6.07, 6.45) is 1.83. The molecule has 1 heterocycles. The number of hydrogen-bond donors (Lipinski definition) is 1. The highest BCUT2D eigenvalue weighted by molar-refractivity contribution is 6.30. The monoisotopic (exact) mass is 234 g/mol. The summed E-state index contributed by atoms with van der Waals surface area (Å²) in [7, 11) is 1.83. The van der Waals surface area contributed by atoms with Gasteiger partial charge in [-0.05, 0) is 30.3 Å². The van der Waals surface area contributed by atoms with Gasteiger partial charge in [-0.15, -0.1) is 0 Å². The van der Waals surface area contributed by atoms with Crippen molar-refractivity contribution in [2.75, 3.05) is 5.32 Å². The van der Waals surface area contributed by atoms with Gasteiger partial charge in [-0.3, -0.25) is 4.79 Å². The molecule has 16 heavy (non-hydrogen) atoms. The number of carbonyl (C=O) groups excluding carboxylic acids is 1. The van der Waals surface area contributed by atoms with Crippen molar-refractivity contribution in [2.45, 2.75) is 0 Å². The highest BCUT2D eigenvalue weighted by Gasteiger charge is 2.08. The Kier molecular flexibility index (Phi) is 2.97. The average Bonchev–Trinajstić information content (AvgIpc) is 2.64. The van der Waals surface area contributed by atoms with Gasteiger partial charge in [0, 0.05) is 24.0 Å². The van der Waals surface area contributed by atoms with Crippen molar-refractivity contribution in [3.8, 4) is 0 Å². The lowest BCUT2D eigenvalue weighted by molar-refractivity contribution is 0.101. The number of halogens is 1. The summed E-state index contributed by atoms with van der Waals surface area (Å²) >= 11 is 5.83. The van der Waals surface area contributed by atoms with Crippen molar-refractivity contribution in [1.29, 1.82) is 0 Å². The summed E-state index contributed by atoms with van der Waals surface area (Å²) < 4.78 is 1.76. The third-order valence-corrected chi connectivity index (χ3v) is 2.49. The van der Waals surface area contributed by atoms with Crippen LogP contribution in [0.4, 0.5) is 5.69 Å². The van der Waals surface area contributed by atoms with Crippen molar-refractivity contribution < 1.29 is 4.79 Å². The number of aromatic nitrogens is 1. The van der Waals surface area contributed by atoms with Crippen LogP contribution in [0.5, 0.6) is 0 Å². The van der Waals surface area contributed by atoms with Gasteiger partial charge >= 0.3 is 0 Å². The third kappa shape index (κ3) is 2.25. The number of aryl methyl sites for hydroxylation is 1. The molecule has 0 saturated carbocycles. The fraction of sp³-hybridized carbons (Fsp3) is 0.0833. The van der Waals surface area contributed by atoms with Crippen molar-refractivity contribution in [3.05, 3.63) is 53.3 Å². The van der Waals surface area contributed by atoms with E-state index in [0.717, 1.165) is 0 Å². The summed E-state index contributed by atoms with van der Waals surface area (Å²) in [5.74, 6) is -0.144. The van der Waals surface area contributed by atoms with E-state index in [-0.39, 0.29) is 5.91 Å². The fourth-order valence-corrected chi connectivity index (χ4v) is 1.65. The second-order valence-electron chi connectivity index (χ2n) is 3.47. The van der Waals surface area contributed by atoms with Crippen LogP contribution in [-0.2, 0) is 7.05 Å². The number of hydrogen-bond acceptors (Lipinski definition) is 1. The number of carbonyl (C=O) groups is 1. The van der Waals surface area contributed by atoms with E-state index >= 15 is 0 Å². The predicted octanol–water partition coefficient (Wildman–Crippen LogP) is 2.93. The van der Waals surface area contributed by atoms with Crippen LogP contribution in [-0.4, -0.2) is 10.5 Å². The molecule has 3 nitrogen and oxygen atoms in total. The van der Waals surface area contributed by atoms with Crippen molar-refractivity contribution >= 4 is 23.2 Å². The van der Waals surface area contributed by atoms with E-state index in [1.165, 1.54) is 0 Å². The first-order chi connectivity index (χ1) is 7.66. The Bertz CT molecular complexity index is 519. The second kappa shape index (κ2) is 4.41. The molecule has 0 saturated heterocycles. The minimum Gasteiger partial charge on any atom is -0.347 e. The molecule has 2 rings (SSSR count). The van der Waals surface area contributed by atoms with Crippen LogP contribution in [0, 0.1) is 0 Å². The molecular formula is C12H11ClN2O. The summed E-state index contributed by atoms with van der Waals surface area (Å²) in [5.41, 5.74) is 1.30. The fourth-order valence-electron chi connectivity index (χ4n) is 1.46. The molecule has 4 heteroatoms. The molecule has 0 aliphatic rings. The van der Waals surface area contributed by atoms with Gasteiger partial charge in [0.2, 0.25) is 0 Å². The Morgan fingerprint density at radius 2 is 2.12 bits per heavy atom. The first-order valence-corrected chi connectivity index (χ1v) is 5.23. The Morgan fingerprint density at radius 3 is 2.75 bits per heavy atom. The maximum absolute atomic E-state index is 11.8. The maximum Gasteiger partial charge on any atom is 0.272 e. The van der Waals surface area contributed by atoms with E-state index in [2.05, 4.69) is 5.32 Å². The lowest BCUT2D eigenvalue weighted by Crippen LogP contribution is -2.15. The summed E-state index contributed by atoms with van der Waals surface area (Å²) in [4.78, 5) is 11.8. The molecule has 1 amide bonds. The smallest absolute Gasteiger partial charge is 0.272 e. The van der Waals surface area contributed by atoms with Crippen molar-refractivity contribution in [3.63, 3.8) is 0 Å². The number of nitrogens with zero attached hydrogens (tertiary/aromatic N) is 1. The second-order valence-corrected chi connectivity index (χ2v) is 3.91. The molecule has 1 aromatic carbocycles. The molecule has 0 bridgehead atoms. The highest BCUT2D eigenvalue weighted by Crippen LogP contribution is 2.15. The van der Waals surface area contributed by atoms with E-state index in [4.69, 9.17) is 11.6 Å². The van der Waals surface area contributed by atoms with E-state index in [1.807, 2.05) is 19.3 Å². The summed E-state index contributed by atoms with van der Waals surface area (Å²) in [5, 5.41) is 3.38. The molecule has 0 radical (unpaired) electrons. The molecule has 82 valence electrons. The largest absolute Gasteiger partial charge is 0.347 e. The van der Waals surface area contributed by atoms with Crippen LogP contribution >= 0.6 is 11.6 Å². The highest BCUT2D eigenvalue weighted by atomic mass is 35.5. The maximum atomic E-state index is 11.8. The zero-order valence-corrected chi connectivity index (χ0v) is 9.53. The topological polar surface area (TPSA) is 34.0 Å². The van der Waals surface area contributed by atoms with Gasteiger partial charge < -0.3 is 9.88 Å². The van der Waals surface area contributed by atoms with E-state index in [9.17, 15) is 4.79 Å². The summed E-state index contributed by atoms with van der Waals surface area (Å²) in [6, 6.07) is 10.7. The number of anilines is 1. The zero-order chi connectivity index (χ0) is 11.5. The molecule has 0 unspecified atom stereocenters. The summed E-state index contributed by atoms with van der Waals surface area (Å²) in [6.45, 7) is 0. The van der Waals surface area contributed by atoms with Gasteiger partial charge in [-0.1, -0.05) is 17.7 Å². The number of nitrogens with one attached hydrogen (secondary N) is 1. The van der Waals surface area contributed by atoms with Gasteiger partial charge in [-0.2, -0.15) is 0 Å². The number of rotatable bonds is 2. The zero-order valence-electron chi connectivity index (χ0n) is 8.77. The van der Waals surface area contributed by atoms with Gasteiger partial charge in [0.1, 0.15) is 5.69 Å². The van der Waals surface area contributed by atoms with Gasteiger partial charge in [0.15, 0.2) is 0 Å². The van der Waals surface area contributed by atoms with Crippen LogP contribution in [0.2, 0.25) is 5.02 Å². The van der Waals surface area contributed by atoms with Crippen LogP contribution in [0.15, 0.2) is 42.6 Å². The van der Waals surface area contributed by atoms with Crippen molar-refractivity contribution in [2.24, 2.45) is 7.05 Å². The quantitative estimate of drug-likeness (QED) is 0.852. The molecule has 0 spiro atoms. The molecule has 0 fully saturated rings.